The van der Waals surface area contributed by atoms with Crippen LogP contribution in [0.15, 0.2) is 60.9 Å². The molecule has 1 aliphatic heterocycles. The standard InChI is InChI=1S/C23H26N4O3/c1-29-20-7-5-6-18(12-20)15-26-11-10-25(17-23(26)28)14-19-13-24-27(16-19)21-8-3-4-9-22(21)30-2/h3-9,12-13,16H,10-11,14-15,17H2,1-2H3. The van der Waals surface area contributed by atoms with Gasteiger partial charge in [-0.05, 0) is 29.8 Å². The van der Waals surface area contributed by atoms with E-state index in [1.54, 1.807) is 14.2 Å². The Morgan fingerprint density at radius 1 is 0.967 bits per heavy atom. The molecule has 0 spiro atoms. The number of hydrogen-bond donors (Lipinski definition) is 0. The van der Waals surface area contributed by atoms with Gasteiger partial charge in [-0.3, -0.25) is 9.69 Å². The third kappa shape index (κ3) is 4.46. The van der Waals surface area contributed by atoms with E-state index in [-0.39, 0.29) is 5.91 Å². The van der Waals surface area contributed by atoms with Crippen molar-refractivity contribution in [3.63, 3.8) is 0 Å². The summed E-state index contributed by atoms with van der Waals surface area (Å²) in [7, 11) is 3.30. The van der Waals surface area contributed by atoms with Crippen molar-refractivity contribution in [1.82, 2.24) is 19.6 Å². The first-order valence-electron chi connectivity index (χ1n) is 9.96. The number of rotatable bonds is 7. The highest BCUT2D eigenvalue weighted by Gasteiger charge is 2.24. The summed E-state index contributed by atoms with van der Waals surface area (Å²) < 4.78 is 12.5. The maximum atomic E-state index is 12.7. The Bertz CT molecular complexity index is 1020. The molecule has 30 heavy (non-hydrogen) atoms. The molecular weight excluding hydrogens is 380 g/mol. The summed E-state index contributed by atoms with van der Waals surface area (Å²) >= 11 is 0. The minimum atomic E-state index is 0.140. The first-order chi connectivity index (χ1) is 14.7. The van der Waals surface area contributed by atoms with Crippen LogP contribution < -0.4 is 9.47 Å². The van der Waals surface area contributed by atoms with Crippen molar-refractivity contribution in [3.05, 3.63) is 72.1 Å². The van der Waals surface area contributed by atoms with Crippen molar-refractivity contribution in [2.75, 3.05) is 33.9 Å². The average molecular weight is 406 g/mol. The summed E-state index contributed by atoms with van der Waals surface area (Å²) in [5.74, 6) is 1.72. The third-order valence-electron chi connectivity index (χ3n) is 5.28. The van der Waals surface area contributed by atoms with Crippen LogP contribution in [0.3, 0.4) is 0 Å². The fourth-order valence-corrected chi connectivity index (χ4v) is 3.70. The molecule has 0 unspecified atom stereocenters. The number of carbonyl (C=O) groups is 1. The lowest BCUT2D eigenvalue weighted by Crippen LogP contribution is -2.49. The minimum absolute atomic E-state index is 0.140. The Labute approximate surface area is 176 Å². The lowest BCUT2D eigenvalue weighted by atomic mass is 10.1. The van der Waals surface area contributed by atoms with E-state index in [9.17, 15) is 4.79 Å². The Balaban J connectivity index is 1.36. The fraction of sp³-hybridized carbons (Fsp3) is 0.304. The van der Waals surface area contributed by atoms with Gasteiger partial charge in [-0.25, -0.2) is 4.68 Å². The quantitative estimate of drug-likeness (QED) is 0.604. The van der Waals surface area contributed by atoms with Crippen molar-refractivity contribution in [1.29, 1.82) is 0 Å². The van der Waals surface area contributed by atoms with Gasteiger partial charge in [0.1, 0.15) is 17.2 Å². The van der Waals surface area contributed by atoms with E-state index in [1.165, 1.54) is 0 Å². The monoisotopic (exact) mass is 406 g/mol. The van der Waals surface area contributed by atoms with Crippen LogP contribution in [0.2, 0.25) is 0 Å². The Morgan fingerprint density at radius 2 is 1.83 bits per heavy atom. The maximum Gasteiger partial charge on any atom is 0.237 e. The Kier molecular flexibility index (Phi) is 5.99. The summed E-state index contributed by atoms with van der Waals surface area (Å²) in [6, 6.07) is 15.6. The average Bonchev–Trinajstić information content (AvgIpc) is 3.24. The van der Waals surface area contributed by atoms with Gasteiger partial charge in [0.2, 0.25) is 5.91 Å². The van der Waals surface area contributed by atoms with Gasteiger partial charge in [0, 0.05) is 37.9 Å². The predicted octanol–water partition coefficient (Wildman–Crippen LogP) is 2.73. The van der Waals surface area contributed by atoms with Crippen LogP contribution in [0.4, 0.5) is 0 Å². The van der Waals surface area contributed by atoms with Crippen molar-refractivity contribution < 1.29 is 14.3 Å². The van der Waals surface area contributed by atoms with Gasteiger partial charge in [-0.1, -0.05) is 24.3 Å². The molecule has 0 aliphatic carbocycles. The van der Waals surface area contributed by atoms with Crippen LogP contribution in [-0.4, -0.2) is 59.3 Å². The molecule has 0 bridgehead atoms. The van der Waals surface area contributed by atoms with E-state index in [0.29, 0.717) is 26.2 Å². The molecule has 1 saturated heterocycles. The van der Waals surface area contributed by atoms with Crippen LogP contribution >= 0.6 is 0 Å². The lowest BCUT2D eigenvalue weighted by molar-refractivity contribution is -0.136. The molecule has 1 amide bonds. The number of ether oxygens (including phenoxy) is 2. The SMILES string of the molecule is COc1cccc(CN2CCN(Cc3cnn(-c4ccccc4OC)c3)CC2=O)c1. The molecule has 1 fully saturated rings. The molecule has 0 saturated carbocycles. The smallest absolute Gasteiger partial charge is 0.237 e. The van der Waals surface area contributed by atoms with Crippen molar-refractivity contribution in [3.8, 4) is 17.2 Å². The zero-order valence-electron chi connectivity index (χ0n) is 17.3. The normalized spacial score (nSPS) is 14.7. The highest BCUT2D eigenvalue weighted by molar-refractivity contribution is 5.79. The second kappa shape index (κ2) is 9.00. The summed E-state index contributed by atoms with van der Waals surface area (Å²) in [5.41, 5.74) is 3.04. The zero-order valence-corrected chi connectivity index (χ0v) is 17.3. The number of hydrogen-bond acceptors (Lipinski definition) is 5. The van der Waals surface area contributed by atoms with Crippen molar-refractivity contribution in [2.24, 2.45) is 0 Å². The predicted molar refractivity (Wildman–Crippen MR) is 114 cm³/mol. The number of nitrogens with zero attached hydrogens (tertiary/aromatic N) is 4. The molecule has 7 nitrogen and oxygen atoms in total. The van der Waals surface area contributed by atoms with E-state index < -0.39 is 0 Å². The van der Waals surface area contributed by atoms with Gasteiger partial charge in [-0.15, -0.1) is 0 Å². The topological polar surface area (TPSA) is 59.8 Å². The third-order valence-corrected chi connectivity index (χ3v) is 5.28. The highest BCUT2D eigenvalue weighted by Crippen LogP contribution is 2.22. The molecule has 0 N–H and O–H groups in total. The number of para-hydroxylation sites is 2. The van der Waals surface area contributed by atoms with Gasteiger partial charge in [-0.2, -0.15) is 5.10 Å². The molecule has 7 heteroatoms. The van der Waals surface area contributed by atoms with Gasteiger partial charge < -0.3 is 14.4 Å². The second-order valence-corrected chi connectivity index (χ2v) is 7.34. The molecule has 0 atom stereocenters. The molecule has 1 aromatic heterocycles. The number of amides is 1. The van der Waals surface area contributed by atoms with Gasteiger partial charge >= 0.3 is 0 Å². The van der Waals surface area contributed by atoms with Crippen LogP contribution in [0.1, 0.15) is 11.1 Å². The second-order valence-electron chi connectivity index (χ2n) is 7.34. The summed E-state index contributed by atoms with van der Waals surface area (Å²) in [6.45, 7) is 3.24. The Hall–Kier alpha value is -3.32. The number of aromatic nitrogens is 2. The van der Waals surface area contributed by atoms with E-state index in [4.69, 9.17) is 9.47 Å². The van der Waals surface area contributed by atoms with Crippen LogP contribution in [0, 0.1) is 0 Å². The van der Waals surface area contributed by atoms with Crippen LogP contribution in [0.25, 0.3) is 5.69 Å². The molecule has 0 radical (unpaired) electrons. The molecule has 4 rings (SSSR count). The number of piperazine rings is 1. The molecule has 156 valence electrons. The molecule has 2 heterocycles. The summed E-state index contributed by atoms with van der Waals surface area (Å²) in [4.78, 5) is 16.7. The number of methoxy groups -OCH3 is 2. The van der Waals surface area contributed by atoms with E-state index in [1.807, 2.05) is 70.5 Å². The largest absolute Gasteiger partial charge is 0.497 e. The molecular formula is C23H26N4O3. The van der Waals surface area contributed by atoms with E-state index in [0.717, 1.165) is 34.9 Å². The van der Waals surface area contributed by atoms with Crippen molar-refractivity contribution in [2.45, 2.75) is 13.1 Å². The first kappa shape index (κ1) is 20.0. The summed E-state index contributed by atoms with van der Waals surface area (Å²) in [5, 5.41) is 4.47. The van der Waals surface area contributed by atoms with Crippen LogP contribution in [-0.2, 0) is 17.9 Å². The zero-order chi connectivity index (χ0) is 20.9. The summed E-state index contributed by atoms with van der Waals surface area (Å²) in [6.07, 6.45) is 3.84. The first-order valence-corrected chi connectivity index (χ1v) is 9.96. The van der Waals surface area contributed by atoms with Crippen molar-refractivity contribution >= 4 is 5.91 Å². The van der Waals surface area contributed by atoms with Gasteiger partial charge in [0.05, 0.1) is 27.0 Å². The van der Waals surface area contributed by atoms with E-state index >= 15 is 0 Å². The molecule has 3 aromatic rings. The Morgan fingerprint density at radius 3 is 2.63 bits per heavy atom. The van der Waals surface area contributed by atoms with Gasteiger partial charge in [0.25, 0.3) is 0 Å². The lowest BCUT2D eigenvalue weighted by Gasteiger charge is -2.34. The minimum Gasteiger partial charge on any atom is -0.497 e. The highest BCUT2D eigenvalue weighted by atomic mass is 16.5. The van der Waals surface area contributed by atoms with E-state index in [2.05, 4.69) is 10.00 Å². The number of carbonyl (C=O) groups excluding carboxylic acids is 1. The number of benzene rings is 2. The molecule has 2 aromatic carbocycles. The fourth-order valence-electron chi connectivity index (χ4n) is 3.70. The molecule has 1 aliphatic rings. The maximum absolute atomic E-state index is 12.7. The van der Waals surface area contributed by atoms with Gasteiger partial charge in [0.15, 0.2) is 0 Å². The van der Waals surface area contributed by atoms with Crippen LogP contribution in [0.5, 0.6) is 11.5 Å².